The number of carbonyl (C=O) groups is 1. The van der Waals surface area contributed by atoms with Gasteiger partial charge in [-0.3, -0.25) is 9.59 Å². The maximum absolute atomic E-state index is 14.1. The van der Waals surface area contributed by atoms with E-state index in [1.165, 1.54) is 31.3 Å². The van der Waals surface area contributed by atoms with Crippen LogP contribution < -0.4 is 16.1 Å². The Balaban J connectivity index is 1.84. The number of hydrogen-bond acceptors (Lipinski definition) is 5. The van der Waals surface area contributed by atoms with Gasteiger partial charge < -0.3 is 15.0 Å². The number of aromatic amines is 1. The highest BCUT2D eigenvalue weighted by Gasteiger charge is 2.23. The molecule has 0 radical (unpaired) electrons. The molecule has 0 unspecified atom stereocenters. The molecule has 2 N–H and O–H groups in total. The van der Waals surface area contributed by atoms with E-state index in [0.717, 1.165) is 20.8 Å². The first-order chi connectivity index (χ1) is 14.8. The van der Waals surface area contributed by atoms with Gasteiger partial charge >= 0.3 is 5.69 Å². The Morgan fingerprint density at radius 3 is 2.68 bits per heavy atom. The Morgan fingerprint density at radius 2 is 1.97 bits per heavy atom. The van der Waals surface area contributed by atoms with Crippen LogP contribution in [0.4, 0.5) is 10.1 Å². The van der Waals surface area contributed by atoms with Crippen molar-refractivity contribution in [2.45, 2.75) is 6.61 Å². The molecule has 2 heterocycles. The van der Waals surface area contributed by atoms with Gasteiger partial charge in [0.1, 0.15) is 10.2 Å². The summed E-state index contributed by atoms with van der Waals surface area (Å²) < 4.78 is 14.9. The van der Waals surface area contributed by atoms with Crippen LogP contribution in [0.5, 0.6) is 0 Å². The summed E-state index contributed by atoms with van der Waals surface area (Å²) in [5.74, 6) is -1.12. The Bertz CT molecular complexity index is 1440. The second-order valence-corrected chi connectivity index (χ2v) is 8.31. The summed E-state index contributed by atoms with van der Waals surface area (Å²) in [6, 6.07) is 11.8. The molecule has 158 valence electrons. The van der Waals surface area contributed by atoms with Crippen LogP contribution in [-0.2, 0) is 6.61 Å². The molecule has 0 bridgehead atoms. The number of anilines is 1. The monoisotopic (exact) mass is 459 g/mol. The lowest BCUT2D eigenvalue weighted by Gasteiger charge is -2.16. The molecule has 4 aromatic rings. The molecule has 4 rings (SSSR count). The summed E-state index contributed by atoms with van der Waals surface area (Å²) >= 11 is 7.15. The Kier molecular flexibility index (Phi) is 5.48. The average molecular weight is 460 g/mol. The SMILES string of the molecule is CN(C(=O)c1cc(-n2c(=O)[nH]c3cccc(CO)c3c2=O)c(Cl)s1)c1ccccc1F. The van der Waals surface area contributed by atoms with Gasteiger partial charge in [-0.15, -0.1) is 11.3 Å². The molecule has 10 heteroatoms. The first-order valence-electron chi connectivity index (χ1n) is 9.03. The van der Waals surface area contributed by atoms with E-state index in [-0.39, 0.29) is 31.5 Å². The number of aliphatic hydroxyl groups excluding tert-OH is 1. The highest BCUT2D eigenvalue weighted by molar-refractivity contribution is 7.18. The third-order valence-electron chi connectivity index (χ3n) is 4.82. The number of nitrogens with zero attached hydrogens (tertiary/aromatic N) is 2. The zero-order valence-corrected chi connectivity index (χ0v) is 17.6. The summed E-state index contributed by atoms with van der Waals surface area (Å²) in [6.45, 7) is -0.396. The Labute approximate surface area is 183 Å². The fourth-order valence-electron chi connectivity index (χ4n) is 3.30. The lowest BCUT2D eigenvalue weighted by Crippen LogP contribution is -2.34. The second kappa shape index (κ2) is 8.10. The van der Waals surface area contributed by atoms with Crippen molar-refractivity contribution >= 4 is 45.4 Å². The van der Waals surface area contributed by atoms with Crippen LogP contribution in [0.1, 0.15) is 15.2 Å². The lowest BCUT2D eigenvalue weighted by molar-refractivity contribution is 0.0996. The highest BCUT2D eigenvalue weighted by atomic mass is 35.5. The number of fused-ring (bicyclic) bond motifs is 1. The molecule has 0 fully saturated rings. The first kappa shape index (κ1) is 21.0. The molecule has 0 saturated heterocycles. The normalized spacial score (nSPS) is 11.1. The van der Waals surface area contributed by atoms with Crippen LogP contribution in [0.3, 0.4) is 0 Å². The van der Waals surface area contributed by atoms with Crippen molar-refractivity contribution in [1.82, 2.24) is 9.55 Å². The van der Waals surface area contributed by atoms with Crippen LogP contribution in [0.2, 0.25) is 4.34 Å². The van der Waals surface area contributed by atoms with Crippen LogP contribution in [0.25, 0.3) is 16.6 Å². The average Bonchev–Trinajstić information content (AvgIpc) is 3.13. The number of rotatable bonds is 4. The van der Waals surface area contributed by atoms with E-state index < -0.39 is 29.6 Å². The molecular formula is C21H15ClFN3O4S. The molecule has 0 spiro atoms. The second-order valence-electron chi connectivity index (χ2n) is 6.65. The summed E-state index contributed by atoms with van der Waals surface area (Å²) in [4.78, 5) is 42.4. The van der Waals surface area contributed by atoms with Crippen LogP contribution in [0, 0.1) is 5.82 Å². The highest BCUT2D eigenvalue weighted by Crippen LogP contribution is 2.31. The number of aliphatic hydroxyl groups is 1. The van der Waals surface area contributed by atoms with Gasteiger partial charge in [-0.05, 0) is 29.8 Å². The van der Waals surface area contributed by atoms with Crippen LogP contribution >= 0.6 is 22.9 Å². The van der Waals surface area contributed by atoms with Gasteiger partial charge in [0.15, 0.2) is 0 Å². The number of aromatic nitrogens is 2. The topological polar surface area (TPSA) is 95.4 Å². The molecule has 0 aliphatic carbocycles. The molecule has 7 nitrogen and oxygen atoms in total. The maximum atomic E-state index is 14.1. The molecule has 0 saturated carbocycles. The van der Waals surface area contributed by atoms with Gasteiger partial charge in [0, 0.05) is 7.05 Å². The molecule has 0 atom stereocenters. The number of para-hydroxylation sites is 1. The van der Waals surface area contributed by atoms with Crippen LogP contribution in [0.15, 0.2) is 58.1 Å². The summed E-state index contributed by atoms with van der Waals surface area (Å²) in [6.07, 6.45) is 0. The molecule has 0 aliphatic heterocycles. The largest absolute Gasteiger partial charge is 0.392 e. The van der Waals surface area contributed by atoms with Gasteiger partial charge in [-0.2, -0.15) is 0 Å². The number of H-pyrrole nitrogens is 1. The fourth-order valence-corrected chi connectivity index (χ4v) is 4.53. The van der Waals surface area contributed by atoms with Crippen molar-refractivity contribution in [3.05, 3.63) is 90.0 Å². The number of thiophene rings is 1. The van der Waals surface area contributed by atoms with E-state index in [0.29, 0.717) is 5.56 Å². The maximum Gasteiger partial charge on any atom is 0.333 e. The number of carbonyl (C=O) groups excluding carboxylic acids is 1. The molecule has 1 amide bonds. The number of halogens is 2. The van der Waals surface area contributed by atoms with Crippen molar-refractivity contribution in [2.24, 2.45) is 0 Å². The van der Waals surface area contributed by atoms with Gasteiger partial charge in [0.25, 0.3) is 11.5 Å². The van der Waals surface area contributed by atoms with E-state index in [1.54, 1.807) is 24.3 Å². The number of benzene rings is 2. The minimum absolute atomic E-state index is 0.0258. The molecular weight excluding hydrogens is 445 g/mol. The fraction of sp³-hybridized carbons (Fsp3) is 0.0952. The van der Waals surface area contributed by atoms with E-state index in [4.69, 9.17) is 11.6 Å². The molecule has 2 aromatic carbocycles. The smallest absolute Gasteiger partial charge is 0.333 e. The van der Waals surface area contributed by atoms with Gasteiger partial charge in [0.2, 0.25) is 0 Å². The zero-order chi connectivity index (χ0) is 22.3. The summed E-state index contributed by atoms with van der Waals surface area (Å²) in [5, 5.41) is 9.71. The predicted octanol–water partition coefficient (Wildman–Crippen LogP) is 3.30. The van der Waals surface area contributed by atoms with Crippen molar-refractivity contribution in [2.75, 3.05) is 11.9 Å². The zero-order valence-electron chi connectivity index (χ0n) is 16.1. The van der Waals surface area contributed by atoms with E-state index in [2.05, 4.69) is 4.98 Å². The van der Waals surface area contributed by atoms with Crippen molar-refractivity contribution < 1.29 is 14.3 Å². The number of amides is 1. The molecule has 2 aromatic heterocycles. The molecule has 31 heavy (non-hydrogen) atoms. The van der Waals surface area contributed by atoms with E-state index in [9.17, 15) is 23.9 Å². The van der Waals surface area contributed by atoms with Crippen LogP contribution in [-0.4, -0.2) is 27.6 Å². The van der Waals surface area contributed by atoms with Crippen molar-refractivity contribution in [3.8, 4) is 5.69 Å². The quantitative estimate of drug-likeness (QED) is 0.489. The van der Waals surface area contributed by atoms with Gasteiger partial charge in [-0.25, -0.2) is 13.8 Å². The Hall–Kier alpha value is -3.27. The summed E-state index contributed by atoms with van der Waals surface area (Å²) in [7, 11) is 1.41. The third-order valence-corrected chi connectivity index (χ3v) is 6.15. The molecule has 0 aliphatic rings. The third kappa shape index (κ3) is 3.56. The number of hydrogen-bond donors (Lipinski definition) is 2. The van der Waals surface area contributed by atoms with Crippen molar-refractivity contribution in [3.63, 3.8) is 0 Å². The first-order valence-corrected chi connectivity index (χ1v) is 10.2. The number of nitrogens with one attached hydrogen (secondary N) is 1. The Morgan fingerprint density at radius 1 is 1.23 bits per heavy atom. The summed E-state index contributed by atoms with van der Waals surface area (Å²) in [5.41, 5.74) is -0.697. The van der Waals surface area contributed by atoms with E-state index in [1.807, 2.05) is 0 Å². The minimum atomic E-state index is -0.742. The van der Waals surface area contributed by atoms with Crippen molar-refractivity contribution in [1.29, 1.82) is 0 Å². The predicted molar refractivity (Wildman–Crippen MR) is 118 cm³/mol. The standard InChI is InChI=1S/C21H15ClFN3O4S/c1-25(14-8-3-2-6-12(14)23)19(28)16-9-15(18(22)31-16)26-20(29)17-11(10-27)5-4-7-13(17)24-21(26)30/h2-9,27H,10H2,1H3,(H,24,30). The minimum Gasteiger partial charge on any atom is -0.392 e. The van der Waals surface area contributed by atoms with E-state index >= 15 is 0 Å². The lowest BCUT2D eigenvalue weighted by atomic mass is 10.1. The van der Waals surface area contributed by atoms with Gasteiger partial charge in [0.05, 0.1) is 33.8 Å². The van der Waals surface area contributed by atoms with Gasteiger partial charge in [-0.1, -0.05) is 35.9 Å².